The Kier molecular flexibility index (Phi) is 9.71. The van der Waals surface area contributed by atoms with Crippen LogP contribution in [0.5, 0.6) is 0 Å². The van der Waals surface area contributed by atoms with Crippen molar-refractivity contribution in [3.05, 3.63) is 30.1 Å². The highest BCUT2D eigenvalue weighted by atomic mass is 16.0. The van der Waals surface area contributed by atoms with E-state index in [1.807, 2.05) is 18.2 Å². The van der Waals surface area contributed by atoms with E-state index in [4.69, 9.17) is 0 Å². The van der Waals surface area contributed by atoms with Crippen LogP contribution in [0.2, 0.25) is 0 Å². The lowest BCUT2D eigenvalue weighted by Crippen LogP contribution is -2.00. The first-order valence-corrected chi connectivity index (χ1v) is 5.33. The molecule has 16 heavy (non-hydrogen) atoms. The molecule has 0 aliphatic rings. The average molecular weight is 224 g/mol. The first-order chi connectivity index (χ1) is 6.99. The van der Waals surface area contributed by atoms with Gasteiger partial charge in [0, 0.05) is 19.5 Å². The maximum Gasteiger partial charge on any atom is 0.0807 e. The van der Waals surface area contributed by atoms with E-state index in [0.29, 0.717) is 5.41 Å². The summed E-state index contributed by atoms with van der Waals surface area (Å²) in [7, 11) is 1.73. The van der Waals surface area contributed by atoms with Crippen LogP contribution >= 0.6 is 0 Å². The second-order valence-electron chi connectivity index (χ2n) is 4.56. The smallest absolute Gasteiger partial charge is 0.0807 e. The molecule has 0 fully saturated rings. The van der Waals surface area contributed by atoms with Crippen molar-refractivity contribution in [1.29, 1.82) is 0 Å². The van der Waals surface area contributed by atoms with Crippen molar-refractivity contribution < 1.29 is 5.48 Å². The van der Waals surface area contributed by atoms with Crippen molar-refractivity contribution in [2.45, 2.75) is 34.1 Å². The second-order valence-corrected chi connectivity index (χ2v) is 4.56. The van der Waals surface area contributed by atoms with E-state index in [1.165, 1.54) is 6.42 Å². The van der Waals surface area contributed by atoms with Crippen LogP contribution in [0.1, 0.15) is 39.8 Å². The maximum absolute atomic E-state index is 4.02. The van der Waals surface area contributed by atoms with Gasteiger partial charge < -0.3 is 5.48 Å². The first kappa shape index (κ1) is 17.2. The molecule has 3 nitrogen and oxygen atoms in total. The molecule has 0 spiro atoms. The molecule has 0 atom stereocenters. The third-order valence-corrected chi connectivity index (χ3v) is 2.01. The van der Waals surface area contributed by atoms with Gasteiger partial charge >= 0.3 is 0 Å². The summed E-state index contributed by atoms with van der Waals surface area (Å²) < 4.78 is 0. The lowest BCUT2D eigenvalue weighted by molar-refractivity contribution is 0.398. The summed E-state index contributed by atoms with van der Waals surface area (Å²) in [4.78, 5) is 7.84. The number of pyridine rings is 1. The predicted octanol–water partition coefficient (Wildman–Crippen LogP) is 2.75. The third-order valence-electron chi connectivity index (χ3n) is 2.01. The SMILES string of the molecule is CCC(C)(C)C.CN=Cc1ccccn1.O. The molecule has 1 rings (SSSR count). The lowest BCUT2D eigenvalue weighted by atomic mass is 9.94. The quantitative estimate of drug-likeness (QED) is 0.677. The zero-order chi connectivity index (χ0) is 11.7. The Labute approximate surface area is 99.0 Å². The summed E-state index contributed by atoms with van der Waals surface area (Å²) in [5.41, 5.74) is 1.44. The van der Waals surface area contributed by atoms with E-state index >= 15 is 0 Å². The Morgan fingerprint density at radius 3 is 2.19 bits per heavy atom. The van der Waals surface area contributed by atoms with Gasteiger partial charge in [-0.2, -0.15) is 0 Å². The summed E-state index contributed by atoms with van der Waals surface area (Å²) >= 11 is 0. The van der Waals surface area contributed by atoms with Gasteiger partial charge in [-0.05, 0) is 17.5 Å². The highest BCUT2D eigenvalue weighted by Crippen LogP contribution is 2.16. The van der Waals surface area contributed by atoms with Gasteiger partial charge in [-0.1, -0.05) is 40.2 Å². The van der Waals surface area contributed by atoms with Crippen LogP contribution in [-0.2, 0) is 0 Å². The molecule has 1 aromatic rings. The van der Waals surface area contributed by atoms with Crippen molar-refractivity contribution in [3.8, 4) is 0 Å². The number of rotatable bonds is 1. The Hall–Kier alpha value is -1.22. The van der Waals surface area contributed by atoms with Crippen molar-refractivity contribution in [2.24, 2.45) is 10.4 Å². The molecule has 0 saturated heterocycles. The molecule has 0 aliphatic carbocycles. The van der Waals surface area contributed by atoms with E-state index in [-0.39, 0.29) is 5.48 Å². The zero-order valence-corrected chi connectivity index (χ0v) is 11.0. The Morgan fingerprint density at radius 1 is 1.31 bits per heavy atom. The minimum Gasteiger partial charge on any atom is -0.412 e. The van der Waals surface area contributed by atoms with Gasteiger partial charge in [0.1, 0.15) is 0 Å². The van der Waals surface area contributed by atoms with Gasteiger partial charge in [0.05, 0.1) is 5.69 Å². The zero-order valence-electron chi connectivity index (χ0n) is 11.0. The molecule has 0 bridgehead atoms. The normalized spacial score (nSPS) is 10.3. The molecule has 0 aromatic carbocycles. The molecule has 0 saturated carbocycles. The van der Waals surface area contributed by atoms with Gasteiger partial charge in [0.2, 0.25) is 0 Å². The largest absolute Gasteiger partial charge is 0.412 e. The van der Waals surface area contributed by atoms with Crippen molar-refractivity contribution in [3.63, 3.8) is 0 Å². The van der Waals surface area contributed by atoms with Crippen LogP contribution in [0.4, 0.5) is 0 Å². The molecule has 1 aromatic heterocycles. The molecule has 3 heteroatoms. The fourth-order valence-electron chi connectivity index (χ4n) is 0.585. The summed E-state index contributed by atoms with van der Waals surface area (Å²) in [5.74, 6) is 0. The van der Waals surface area contributed by atoms with Gasteiger partial charge in [-0.25, -0.2) is 0 Å². The van der Waals surface area contributed by atoms with Crippen molar-refractivity contribution in [1.82, 2.24) is 4.98 Å². The minimum atomic E-state index is 0. The lowest BCUT2D eigenvalue weighted by Gasteiger charge is -2.12. The summed E-state index contributed by atoms with van der Waals surface area (Å²) in [6, 6.07) is 5.73. The third kappa shape index (κ3) is 10.9. The molecule has 0 aliphatic heterocycles. The average Bonchev–Trinajstić information content (AvgIpc) is 2.20. The number of hydrogen-bond donors (Lipinski definition) is 0. The van der Waals surface area contributed by atoms with E-state index in [2.05, 4.69) is 37.7 Å². The number of hydrogen-bond acceptors (Lipinski definition) is 2. The minimum absolute atomic E-state index is 0. The number of aromatic nitrogens is 1. The van der Waals surface area contributed by atoms with E-state index in [9.17, 15) is 0 Å². The van der Waals surface area contributed by atoms with Crippen LogP contribution in [0.15, 0.2) is 29.4 Å². The molecule has 0 radical (unpaired) electrons. The standard InChI is InChI=1S/C7H8N2.C6H14.H2O/c1-8-6-7-4-2-3-5-9-7;1-5-6(2,3)4;/h2-6H,1H3;5H2,1-4H3;1H2. The highest BCUT2D eigenvalue weighted by molar-refractivity contribution is 5.76. The first-order valence-electron chi connectivity index (χ1n) is 5.33. The monoisotopic (exact) mass is 224 g/mol. The molecule has 1 heterocycles. The molecular formula is C13H24N2O. The summed E-state index contributed by atoms with van der Waals surface area (Å²) in [6.07, 6.45) is 4.74. The van der Waals surface area contributed by atoms with Crippen LogP contribution in [0.25, 0.3) is 0 Å². The fraction of sp³-hybridized carbons (Fsp3) is 0.538. The van der Waals surface area contributed by atoms with Crippen LogP contribution < -0.4 is 0 Å². The summed E-state index contributed by atoms with van der Waals surface area (Å²) in [5, 5.41) is 0. The molecule has 0 unspecified atom stereocenters. The van der Waals surface area contributed by atoms with Crippen molar-refractivity contribution >= 4 is 6.21 Å². The van der Waals surface area contributed by atoms with Gasteiger partial charge in [-0.15, -0.1) is 0 Å². The van der Waals surface area contributed by atoms with E-state index < -0.39 is 0 Å². The fourth-order valence-corrected chi connectivity index (χ4v) is 0.585. The van der Waals surface area contributed by atoms with Crippen LogP contribution in [0, 0.1) is 5.41 Å². The van der Waals surface area contributed by atoms with E-state index in [0.717, 1.165) is 5.69 Å². The Bertz CT molecular complexity index is 276. The van der Waals surface area contributed by atoms with Gasteiger partial charge in [0.25, 0.3) is 0 Å². The molecule has 2 N–H and O–H groups in total. The highest BCUT2D eigenvalue weighted by Gasteiger charge is 2.03. The Balaban J connectivity index is 0. The molecule has 92 valence electrons. The predicted molar refractivity (Wildman–Crippen MR) is 71.1 cm³/mol. The van der Waals surface area contributed by atoms with Gasteiger partial charge in [-0.3, -0.25) is 9.98 Å². The summed E-state index contributed by atoms with van der Waals surface area (Å²) in [6.45, 7) is 8.94. The number of nitrogens with zero attached hydrogens (tertiary/aromatic N) is 2. The topological polar surface area (TPSA) is 56.8 Å². The second kappa shape index (κ2) is 9.04. The number of aliphatic imine (C=N–C) groups is 1. The van der Waals surface area contributed by atoms with Crippen LogP contribution in [-0.4, -0.2) is 23.7 Å². The van der Waals surface area contributed by atoms with E-state index in [1.54, 1.807) is 19.5 Å². The van der Waals surface area contributed by atoms with Crippen molar-refractivity contribution in [2.75, 3.05) is 7.05 Å². The van der Waals surface area contributed by atoms with Crippen LogP contribution in [0.3, 0.4) is 0 Å². The van der Waals surface area contributed by atoms with Gasteiger partial charge in [0.15, 0.2) is 0 Å². The maximum atomic E-state index is 4.02. The Morgan fingerprint density at radius 2 is 1.88 bits per heavy atom. The molecular weight excluding hydrogens is 200 g/mol. The molecule has 0 amide bonds.